The Morgan fingerprint density at radius 2 is 2.14 bits per heavy atom. The van der Waals surface area contributed by atoms with Gasteiger partial charge >= 0.3 is 5.69 Å². The fourth-order valence-electron chi connectivity index (χ4n) is 2.24. The predicted molar refractivity (Wildman–Crippen MR) is 78.9 cm³/mol. The summed E-state index contributed by atoms with van der Waals surface area (Å²) in [5.74, 6) is 0. The largest absolute Gasteiger partial charge is 0.374 e. The van der Waals surface area contributed by atoms with E-state index >= 15 is 0 Å². The van der Waals surface area contributed by atoms with Gasteiger partial charge in [0.25, 0.3) is 0 Å². The molecule has 2 heterocycles. The molecule has 7 nitrogen and oxygen atoms in total. The third-order valence-electron chi connectivity index (χ3n) is 3.32. The Kier molecular flexibility index (Phi) is 3.23. The molecule has 0 atom stereocenters. The summed E-state index contributed by atoms with van der Waals surface area (Å²) in [7, 11) is 1.83. The van der Waals surface area contributed by atoms with E-state index in [0.717, 1.165) is 5.69 Å². The van der Waals surface area contributed by atoms with Crippen LogP contribution in [-0.2, 0) is 13.6 Å². The number of fused-ring (bicyclic) bond motifs is 1. The maximum atomic E-state index is 11.4. The van der Waals surface area contributed by atoms with Crippen molar-refractivity contribution >= 4 is 22.3 Å². The van der Waals surface area contributed by atoms with E-state index < -0.39 is 0 Å². The van der Waals surface area contributed by atoms with Crippen LogP contribution in [-0.4, -0.2) is 19.7 Å². The highest BCUT2D eigenvalue weighted by molar-refractivity contribution is 5.94. The molecule has 1 N–H and O–H groups in total. The molecule has 0 spiro atoms. The van der Waals surface area contributed by atoms with Gasteiger partial charge in [0.1, 0.15) is 5.69 Å². The van der Waals surface area contributed by atoms with E-state index in [1.165, 1.54) is 0 Å². The number of benzene rings is 1. The van der Waals surface area contributed by atoms with Gasteiger partial charge in [-0.15, -0.1) is 0 Å². The lowest BCUT2D eigenvalue weighted by molar-refractivity contribution is -0.382. The first-order chi connectivity index (χ1) is 10.2. The van der Waals surface area contributed by atoms with Gasteiger partial charge in [-0.3, -0.25) is 19.8 Å². The van der Waals surface area contributed by atoms with Gasteiger partial charge in [0, 0.05) is 19.4 Å². The summed E-state index contributed by atoms with van der Waals surface area (Å²) in [6.45, 7) is 0.461. The highest BCUT2D eigenvalue weighted by atomic mass is 16.6. The number of hydrogen-bond donors (Lipinski definition) is 1. The number of pyridine rings is 1. The summed E-state index contributed by atoms with van der Waals surface area (Å²) < 4.78 is 1.72. The average Bonchev–Trinajstić information content (AvgIpc) is 2.89. The van der Waals surface area contributed by atoms with Crippen molar-refractivity contribution in [3.63, 3.8) is 0 Å². The second kappa shape index (κ2) is 5.20. The third-order valence-corrected chi connectivity index (χ3v) is 3.32. The fraction of sp³-hybridized carbons (Fsp3) is 0.143. The molecule has 0 aliphatic rings. The SMILES string of the molecule is Cn1nccc1CNc1ccc2ncccc2c1[N+](=O)[O-]. The molecule has 21 heavy (non-hydrogen) atoms. The number of aromatic nitrogens is 3. The van der Waals surface area contributed by atoms with Crippen LogP contribution in [0.4, 0.5) is 11.4 Å². The van der Waals surface area contributed by atoms with Crippen LogP contribution in [0.15, 0.2) is 42.7 Å². The second-order valence-corrected chi connectivity index (χ2v) is 4.59. The highest BCUT2D eigenvalue weighted by Crippen LogP contribution is 2.32. The Bertz CT molecular complexity index is 812. The summed E-state index contributed by atoms with van der Waals surface area (Å²) in [6.07, 6.45) is 3.31. The third kappa shape index (κ3) is 2.40. The van der Waals surface area contributed by atoms with E-state index in [4.69, 9.17) is 0 Å². The summed E-state index contributed by atoms with van der Waals surface area (Å²) in [5, 5.41) is 19.1. The van der Waals surface area contributed by atoms with E-state index in [0.29, 0.717) is 23.1 Å². The average molecular weight is 283 g/mol. The van der Waals surface area contributed by atoms with Crippen molar-refractivity contribution in [1.82, 2.24) is 14.8 Å². The molecule has 0 saturated carbocycles. The molecular weight excluding hydrogens is 270 g/mol. The van der Waals surface area contributed by atoms with Crippen molar-refractivity contribution < 1.29 is 4.92 Å². The lowest BCUT2D eigenvalue weighted by Crippen LogP contribution is -2.07. The Labute approximate surface area is 120 Å². The molecule has 7 heteroatoms. The first kappa shape index (κ1) is 13.0. The highest BCUT2D eigenvalue weighted by Gasteiger charge is 2.18. The molecule has 0 saturated heterocycles. The minimum atomic E-state index is -0.379. The molecule has 0 fully saturated rings. The molecule has 0 unspecified atom stereocenters. The van der Waals surface area contributed by atoms with Crippen LogP contribution in [0.25, 0.3) is 10.9 Å². The first-order valence-electron chi connectivity index (χ1n) is 6.39. The minimum Gasteiger partial charge on any atom is -0.374 e. The zero-order chi connectivity index (χ0) is 14.8. The van der Waals surface area contributed by atoms with Crippen LogP contribution in [0.2, 0.25) is 0 Å². The predicted octanol–water partition coefficient (Wildman–Crippen LogP) is 2.49. The maximum Gasteiger partial charge on any atom is 0.301 e. The number of nitrogens with zero attached hydrogens (tertiary/aromatic N) is 4. The quantitative estimate of drug-likeness (QED) is 0.587. The molecule has 3 rings (SSSR count). The Morgan fingerprint density at radius 3 is 2.86 bits per heavy atom. The maximum absolute atomic E-state index is 11.4. The molecule has 0 bridgehead atoms. The van der Waals surface area contributed by atoms with E-state index in [1.807, 2.05) is 13.1 Å². The van der Waals surface area contributed by atoms with Crippen LogP contribution >= 0.6 is 0 Å². The number of aryl methyl sites for hydroxylation is 1. The van der Waals surface area contributed by atoms with Crippen LogP contribution in [0.5, 0.6) is 0 Å². The van der Waals surface area contributed by atoms with Gasteiger partial charge in [-0.1, -0.05) is 0 Å². The number of nitro groups is 1. The van der Waals surface area contributed by atoms with Crippen molar-refractivity contribution in [2.75, 3.05) is 5.32 Å². The van der Waals surface area contributed by atoms with Gasteiger partial charge < -0.3 is 5.32 Å². The zero-order valence-corrected chi connectivity index (χ0v) is 11.4. The monoisotopic (exact) mass is 283 g/mol. The molecular formula is C14H13N5O2. The van der Waals surface area contributed by atoms with Crippen molar-refractivity contribution in [1.29, 1.82) is 0 Å². The van der Waals surface area contributed by atoms with Gasteiger partial charge in [-0.2, -0.15) is 5.10 Å². The molecule has 0 aliphatic carbocycles. The van der Waals surface area contributed by atoms with E-state index in [9.17, 15) is 10.1 Å². The normalized spacial score (nSPS) is 10.7. The Balaban J connectivity index is 2.00. The minimum absolute atomic E-state index is 0.0442. The summed E-state index contributed by atoms with van der Waals surface area (Å²) in [5.41, 5.74) is 2.07. The van der Waals surface area contributed by atoms with Gasteiger partial charge in [-0.25, -0.2) is 0 Å². The van der Waals surface area contributed by atoms with Gasteiger partial charge in [-0.05, 0) is 30.3 Å². The topological polar surface area (TPSA) is 85.9 Å². The standard InChI is InChI=1S/C14H13N5O2/c1-18-10(6-8-17-18)9-16-13-5-4-12-11(3-2-7-15-12)14(13)19(20)21/h2-8,16H,9H2,1H3. The van der Waals surface area contributed by atoms with Crippen LogP contribution in [0, 0.1) is 10.1 Å². The molecule has 0 amide bonds. The number of hydrogen-bond acceptors (Lipinski definition) is 5. The van der Waals surface area contributed by atoms with Gasteiger partial charge in [0.2, 0.25) is 0 Å². The Morgan fingerprint density at radius 1 is 1.29 bits per heavy atom. The molecule has 106 valence electrons. The lowest BCUT2D eigenvalue weighted by Gasteiger charge is -2.09. The van der Waals surface area contributed by atoms with Crippen LogP contribution < -0.4 is 5.32 Å². The molecule has 1 aromatic carbocycles. The van der Waals surface area contributed by atoms with Crippen LogP contribution in [0.3, 0.4) is 0 Å². The zero-order valence-electron chi connectivity index (χ0n) is 11.4. The van der Waals surface area contributed by atoms with Crippen molar-refractivity contribution in [2.45, 2.75) is 6.54 Å². The van der Waals surface area contributed by atoms with Gasteiger partial charge in [0.15, 0.2) is 0 Å². The number of nitro benzene ring substituents is 1. The second-order valence-electron chi connectivity index (χ2n) is 4.59. The number of anilines is 1. The van der Waals surface area contributed by atoms with E-state index in [1.54, 1.807) is 41.3 Å². The summed E-state index contributed by atoms with van der Waals surface area (Å²) in [6, 6.07) is 8.72. The smallest absolute Gasteiger partial charge is 0.301 e. The molecule has 2 aromatic heterocycles. The molecule has 3 aromatic rings. The summed E-state index contributed by atoms with van der Waals surface area (Å²) in [4.78, 5) is 15.1. The lowest BCUT2D eigenvalue weighted by atomic mass is 10.1. The summed E-state index contributed by atoms with van der Waals surface area (Å²) >= 11 is 0. The number of nitrogens with one attached hydrogen (secondary N) is 1. The fourth-order valence-corrected chi connectivity index (χ4v) is 2.24. The van der Waals surface area contributed by atoms with E-state index in [-0.39, 0.29) is 10.6 Å². The first-order valence-corrected chi connectivity index (χ1v) is 6.39. The Hall–Kier alpha value is -2.96. The molecule has 0 radical (unpaired) electrons. The number of rotatable bonds is 4. The van der Waals surface area contributed by atoms with Gasteiger partial charge in [0.05, 0.1) is 28.1 Å². The molecule has 0 aliphatic heterocycles. The van der Waals surface area contributed by atoms with Crippen molar-refractivity contribution in [2.24, 2.45) is 7.05 Å². The van der Waals surface area contributed by atoms with Crippen molar-refractivity contribution in [3.05, 3.63) is 58.5 Å². The van der Waals surface area contributed by atoms with Crippen LogP contribution in [0.1, 0.15) is 5.69 Å². The van der Waals surface area contributed by atoms with Crippen molar-refractivity contribution in [3.8, 4) is 0 Å². The van der Waals surface area contributed by atoms with E-state index in [2.05, 4.69) is 15.4 Å².